The molecule has 0 saturated heterocycles. The maximum atomic E-state index is 12.1. The Morgan fingerprint density at radius 2 is 1.96 bits per heavy atom. The fourth-order valence-corrected chi connectivity index (χ4v) is 3.87. The van der Waals surface area contributed by atoms with Crippen molar-refractivity contribution in [2.45, 2.75) is 12.8 Å². The summed E-state index contributed by atoms with van der Waals surface area (Å²) in [6.07, 6.45) is 0. The van der Waals surface area contributed by atoms with Crippen molar-refractivity contribution < 1.29 is 9.59 Å². The molecule has 1 unspecified atom stereocenters. The van der Waals surface area contributed by atoms with E-state index in [4.69, 9.17) is 5.73 Å². The first kappa shape index (κ1) is 18.1. The standard InChI is InChI=1S/C21H23N5O2/c1-12-14-5-3-4-6-17(14)26(2)21-20(12)15-9-13(7-8-16(15)25-21)24-19(28)11-23-18(27)10-22/h3-9,12,25H,10-11,22H2,1-2H3,(H,23,27)(H,24,28). The summed E-state index contributed by atoms with van der Waals surface area (Å²) in [7, 11) is 2.06. The van der Waals surface area contributed by atoms with Gasteiger partial charge in [-0.15, -0.1) is 0 Å². The molecule has 0 saturated carbocycles. The smallest absolute Gasteiger partial charge is 0.243 e. The molecular weight excluding hydrogens is 354 g/mol. The Bertz CT molecular complexity index is 1070. The van der Waals surface area contributed by atoms with Gasteiger partial charge in [0.1, 0.15) is 5.82 Å². The fourth-order valence-electron chi connectivity index (χ4n) is 3.87. The summed E-state index contributed by atoms with van der Waals surface area (Å²) in [5.41, 5.74) is 10.6. The Labute approximate surface area is 162 Å². The van der Waals surface area contributed by atoms with Gasteiger partial charge in [0.25, 0.3) is 0 Å². The fraction of sp³-hybridized carbons (Fsp3) is 0.238. The van der Waals surface area contributed by atoms with Crippen LogP contribution in [0, 0.1) is 0 Å². The third-order valence-electron chi connectivity index (χ3n) is 5.27. The summed E-state index contributed by atoms with van der Waals surface area (Å²) < 4.78 is 0. The molecule has 144 valence electrons. The van der Waals surface area contributed by atoms with E-state index in [1.807, 2.05) is 24.3 Å². The monoisotopic (exact) mass is 377 g/mol. The van der Waals surface area contributed by atoms with Gasteiger partial charge in [0.05, 0.1) is 13.1 Å². The zero-order valence-electron chi connectivity index (χ0n) is 15.9. The van der Waals surface area contributed by atoms with E-state index in [0.29, 0.717) is 5.69 Å². The lowest BCUT2D eigenvalue weighted by Crippen LogP contribution is -2.36. The number of carbonyl (C=O) groups is 2. The van der Waals surface area contributed by atoms with Gasteiger partial charge in [-0.3, -0.25) is 9.59 Å². The average molecular weight is 377 g/mol. The molecule has 0 fully saturated rings. The van der Waals surface area contributed by atoms with Crippen molar-refractivity contribution in [3.8, 4) is 0 Å². The number of para-hydroxylation sites is 1. The number of rotatable bonds is 4. The molecule has 2 aromatic carbocycles. The molecule has 7 heteroatoms. The molecule has 1 aromatic heterocycles. The van der Waals surface area contributed by atoms with Crippen LogP contribution < -0.4 is 21.3 Å². The predicted octanol–water partition coefficient (Wildman–Crippen LogP) is 2.41. The SMILES string of the molecule is CC1c2ccccc2N(C)c2[nH]c3ccc(NC(=O)CNC(=O)CN)cc3c21. The lowest BCUT2D eigenvalue weighted by atomic mass is 9.87. The Morgan fingerprint density at radius 1 is 1.18 bits per heavy atom. The number of aromatic amines is 1. The Kier molecular flexibility index (Phi) is 4.52. The average Bonchev–Trinajstić information content (AvgIpc) is 3.09. The van der Waals surface area contributed by atoms with Crippen molar-refractivity contribution in [2.75, 3.05) is 30.4 Å². The van der Waals surface area contributed by atoms with Gasteiger partial charge in [-0.25, -0.2) is 0 Å². The van der Waals surface area contributed by atoms with Crippen LogP contribution in [-0.2, 0) is 9.59 Å². The molecule has 1 aliphatic heterocycles. The highest BCUT2D eigenvalue weighted by Gasteiger charge is 2.29. The van der Waals surface area contributed by atoms with E-state index in [0.717, 1.165) is 16.7 Å². The van der Waals surface area contributed by atoms with Crippen LogP contribution in [0.5, 0.6) is 0 Å². The summed E-state index contributed by atoms with van der Waals surface area (Å²) in [5, 5.41) is 6.38. The second kappa shape index (κ2) is 7.01. The topological polar surface area (TPSA) is 103 Å². The van der Waals surface area contributed by atoms with Crippen LogP contribution in [-0.4, -0.2) is 36.9 Å². The zero-order valence-corrected chi connectivity index (χ0v) is 15.9. The van der Waals surface area contributed by atoms with E-state index in [2.05, 4.69) is 52.7 Å². The molecule has 5 N–H and O–H groups in total. The molecule has 7 nitrogen and oxygen atoms in total. The number of nitrogens with two attached hydrogens (primary N) is 1. The summed E-state index contributed by atoms with van der Waals surface area (Å²) >= 11 is 0. The van der Waals surface area contributed by atoms with Crippen molar-refractivity contribution in [2.24, 2.45) is 5.73 Å². The molecule has 0 aliphatic carbocycles. The van der Waals surface area contributed by atoms with Crippen molar-refractivity contribution in [1.29, 1.82) is 0 Å². The molecule has 0 radical (unpaired) electrons. The maximum Gasteiger partial charge on any atom is 0.243 e. The summed E-state index contributed by atoms with van der Waals surface area (Å²) in [5.74, 6) is 0.646. The molecule has 0 spiro atoms. The number of nitrogens with zero attached hydrogens (tertiary/aromatic N) is 1. The summed E-state index contributed by atoms with van der Waals surface area (Å²) in [4.78, 5) is 29.0. The number of aromatic nitrogens is 1. The first-order valence-electron chi connectivity index (χ1n) is 9.24. The second-order valence-corrected chi connectivity index (χ2v) is 7.02. The number of benzene rings is 2. The minimum Gasteiger partial charge on any atom is -0.346 e. The van der Waals surface area contributed by atoms with Crippen molar-refractivity contribution >= 4 is 39.9 Å². The van der Waals surface area contributed by atoms with E-state index < -0.39 is 0 Å². The Balaban J connectivity index is 1.66. The minimum atomic E-state index is -0.360. The van der Waals surface area contributed by atoms with Crippen molar-refractivity contribution in [3.63, 3.8) is 0 Å². The number of hydrogen-bond donors (Lipinski definition) is 4. The van der Waals surface area contributed by atoms with E-state index in [1.165, 1.54) is 16.8 Å². The Hall–Kier alpha value is -3.32. The molecule has 28 heavy (non-hydrogen) atoms. The molecule has 0 bridgehead atoms. The first-order chi connectivity index (χ1) is 13.5. The first-order valence-corrected chi connectivity index (χ1v) is 9.24. The molecule has 3 aromatic rings. The third-order valence-corrected chi connectivity index (χ3v) is 5.27. The summed E-state index contributed by atoms with van der Waals surface area (Å²) in [6.45, 7) is 1.96. The lowest BCUT2D eigenvalue weighted by Gasteiger charge is -2.31. The third kappa shape index (κ3) is 2.99. The number of anilines is 3. The second-order valence-electron chi connectivity index (χ2n) is 7.02. The number of H-pyrrole nitrogens is 1. The molecule has 1 aliphatic rings. The highest BCUT2D eigenvalue weighted by atomic mass is 16.2. The maximum absolute atomic E-state index is 12.1. The van der Waals surface area contributed by atoms with Gasteiger partial charge in [0, 0.05) is 40.8 Å². The van der Waals surface area contributed by atoms with E-state index in [-0.39, 0.29) is 30.8 Å². The highest BCUT2D eigenvalue weighted by Crippen LogP contribution is 2.47. The van der Waals surface area contributed by atoms with E-state index in [1.54, 1.807) is 0 Å². The molecule has 1 atom stereocenters. The lowest BCUT2D eigenvalue weighted by molar-refractivity contribution is -0.123. The van der Waals surface area contributed by atoms with Crippen LogP contribution in [0.15, 0.2) is 42.5 Å². The van der Waals surface area contributed by atoms with Gasteiger partial charge in [-0.05, 0) is 29.8 Å². The number of carbonyl (C=O) groups excluding carboxylic acids is 2. The molecule has 4 rings (SSSR count). The van der Waals surface area contributed by atoms with Gasteiger partial charge in [-0.2, -0.15) is 0 Å². The Morgan fingerprint density at radius 3 is 2.75 bits per heavy atom. The largest absolute Gasteiger partial charge is 0.346 e. The molecule has 2 amide bonds. The van der Waals surface area contributed by atoms with Crippen LogP contribution in [0.1, 0.15) is 24.0 Å². The molecule has 2 heterocycles. The van der Waals surface area contributed by atoms with Crippen LogP contribution in [0.2, 0.25) is 0 Å². The van der Waals surface area contributed by atoms with Gasteiger partial charge in [0.2, 0.25) is 11.8 Å². The predicted molar refractivity (Wildman–Crippen MR) is 111 cm³/mol. The van der Waals surface area contributed by atoms with Gasteiger partial charge in [-0.1, -0.05) is 25.1 Å². The van der Waals surface area contributed by atoms with Crippen LogP contribution in [0.3, 0.4) is 0 Å². The van der Waals surface area contributed by atoms with Gasteiger partial charge < -0.3 is 26.3 Å². The van der Waals surface area contributed by atoms with Gasteiger partial charge in [0.15, 0.2) is 0 Å². The summed E-state index contributed by atoms with van der Waals surface area (Å²) in [6, 6.07) is 14.2. The number of hydrogen-bond acceptors (Lipinski definition) is 4. The zero-order chi connectivity index (χ0) is 19.8. The van der Waals surface area contributed by atoms with Crippen molar-refractivity contribution in [3.05, 3.63) is 53.6 Å². The van der Waals surface area contributed by atoms with E-state index >= 15 is 0 Å². The van der Waals surface area contributed by atoms with E-state index in [9.17, 15) is 9.59 Å². The van der Waals surface area contributed by atoms with Crippen LogP contribution in [0.4, 0.5) is 17.2 Å². The number of fused-ring (bicyclic) bond motifs is 4. The normalized spacial score (nSPS) is 15.1. The number of amides is 2. The van der Waals surface area contributed by atoms with Crippen molar-refractivity contribution in [1.82, 2.24) is 10.3 Å². The quantitative estimate of drug-likeness (QED) is 0.561. The van der Waals surface area contributed by atoms with Gasteiger partial charge >= 0.3 is 0 Å². The molecular formula is C21H23N5O2. The van der Waals surface area contributed by atoms with Crippen LogP contribution >= 0.6 is 0 Å². The minimum absolute atomic E-state index is 0.105. The van der Waals surface area contributed by atoms with Crippen LogP contribution in [0.25, 0.3) is 10.9 Å². The highest BCUT2D eigenvalue weighted by molar-refractivity contribution is 5.99. The number of nitrogens with one attached hydrogen (secondary N) is 3.